The fourth-order valence-electron chi connectivity index (χ4n) is 2.71. The molecule has 1 unspecified atom stereocenters. The third kappa shape index (κ3) is 5.87. The van der Waals surface area contributed by atoms with E-state index < -0.39 is 0 Å². The molecule has 0 aromatic heterocycles. The van der Waals surface area contributed by atoms with E-state index in [9.17, 15) is 0 Å². The summed E-state index contributed by atoms with van der Waals surface area (Å²) < 4.78 is 0. The van der Waals surface area contributed by atoms with Crippen molar-refractivity contribution in [1.29, 1.82) is 0 Å². The van der Waals surface area contributed by atoms with E-state index in [1.54, 1.807) is 0 Å². The Hall–Kier alpha value is -0.0800. The molecule has 1 fully saturated rings. The lowest BCUT2D eigenvalue weighted by Gasteiger charge is -2.30. The van der Waals surface area contributed by atoms with Crippen LogP contribution >= 0.6 is 0 Å². The normalized spacial score (nSPS) is 19.4. The molecule has 2 N–H and O–H groups in total. The number of hydrogen-bond acceptors (Lipinski definition) is 2. The lowest BCUT2D eigenvalue weighted by atomic mass is 10.1. The molecule has 1 rings (SSSR count). The number of nitrogens with two attached hydrogens (primary N) is 1. The second-order valence-electron chi connectivity index (χ2n) is 6.11. The Labute approximate surface area is 108 Å². The third-order valence-corrected chi connectivity index (χ3v) is 4.15. The van der Waals surface area contributed by atoms with Gasteiger partial charge in [-0.2, -0.15) is 0 Å². The van der Waals surface area contributed by atoms with Crippen molar-refractivity contribution in [2.24, 2.45) is 11.7 Å². The molecule has 1 aliphatic rings. The molecule has 1 saturated carbocycles. The van der Waals surface area contributed by atoms with Crippen LogP contribution < -0.4 is 5.73 Å². The van der Waals surface area contributed by atoms with Gasteiger partial charge in [0.05, 0.1) is 0 Å². The predicted octanol–water partition coefficient (Wildman–Crippen LogP) is 3.40. The summed E-state index contributed by atoms with van der Waals surface area (Å²) in [5.41, 5.74) is 6.05. The van der Waals surface area contributed by atoms with Crippen LogP contribution in [0, 0.1) is 5.92 Å². The highest BCUT2D eigenvalue weighted by atomic mass is 15.2. The van der Waals surface area contributed by atoms with Crippen LogP contribution in [0.5, 0.6) is 0 Å². The Balaban J connectivity index is 2.34. The first-order valence-electron chi connectivity index (χ1n) is 7.63. The van der Waals surface area contributed by atoms with Gasteiger partial charge in [0.25, 0.3) is 0 Å². The van der Waals surface area contributed by atoms with E-state index in [4.69, 9.17) is 5.73 Å². The van der Waals surface area contributed by atoms with Gasteiger partial charge in [0.2, 0.25) is 0 Å². The van der Waals surface area contributed by atoms with Crippen LogP contribution in [0.1, 0.15) is 65.7 Å². The minimum atomic E-state index is 0.401. The van der Waals surface area contributed by atoms with Crippen molar-refractivity contribution in [2.75, 3.05) is 13.1 Å². The largest absolute Gasteiger partial charge is 0.328 e. The Bertz CT molecular complexity index is 185. The van der Waals surface area contributed by atoms with Gasteiger partial charge in [-0.15, -0.1) is 0 Å². The van der Waals surface area contributed by atoms with Gasteiger partial charge in [-0.05, 0) is 51.1 Å². The maximum atomic E-state index is 6.05. The summed E-state index contributed by atoms with van der Waals surface area (Å²) in [6, 6.07) is 1.26. The average Bonchev–Trinajstić information content (AvgIpc) is 2.81. The number of rotatable bonds is 8. The van der Waals surface area contributed by atoms with Crippen LogP contribution in [-0.4, -0.2) is 30.1 Å². The number of hydrogen-bond donors (Lipinski definition) is 1. The van der Waals surface area contributed by atoms with Crippen LogP contribution in [0.25, 0.3) is 0 Å². The van der Waals surface area contributed by atoms with E-state index in [2.05, 4.69) is 25.7 Å². The van der Waals surface area contributed by atoms with Crippen LogP contribution in [0.4, 0.5) is 0 Å². The molecule has 0 bridgehead atoms. The monoisotopic (exact) mass is 240 g/mol. The standard InChI is InChI=1S/C15H32N2/c1-4-14(16)10-12-17(11-9-13(2)3)15-7-5-6-8-15/h13-15H,4-12,16H2,1-3H3. The van der Waals surface area contributed by atoms with Crippen molar-refractivity contribution < 1.29 is 0 Å². The van der Waals surface area contributed by atoms with E-state index in [1.165, 1.54) is 51.6 Å². The van der Waals surface area contributed by atoms with Gasteiger partial charge in [0, 0.05) is 12.1 Å². The highest BCUT2D eigenvalue weighted by molar-refractivity contribution is 4.78. The molecule has 102 valence electrons. The lowest BCUT2D eigenvalue weighted by Crippen LogP contribution is -2.38. The summed E-state index contributed by atoms with van der Waals surface area (Å²) in [6.45, 7) is 9.33. The first-order valence-corrected chi connectivity index (χ1v) is 7.63. The SMILES string of the molecule is CCC(N)CCN(CCC(C)C)C1CCCC1. The van der Waals surface area contributed by atoms with E-state index in [-0.39, 0.29) is 0 Å². The maximum Gasteiger partial charge on any atom is 0.00952 e. The summed E-state index contributed by atoms with van der Waals surface area (Å²) in [5.74, 6) is 0.818. The Morgan fingerprint density at radius 2 is 1.71 bits per heavy atom. The minimum Gasteiger partial charge on any atom is -0.328 e. The molecule has 0 heterocycles. The van der Waals surface area contributed by atoms with Crippen molar-refractivity contribution in [2.45, 2.75) is 77.8 Å². The zero-order valence-electron chi connectivity index (χ0n) is 12.1. The second kappa shape index (κ2) is 8.10. The van der Waals surface area contributed by atoms with Gasteiger partial charge in [-0.1, -0.05) is 33.6 Å². The molecule has 2 heteroatoms. The molecule has 17 heavy (non-hydrogen) atoms. The Morgan fingerprint density at radius 3 is 2.24 bits per heavy atom. The van der Waals surface area contributed by atoms with Crippen molar-refractivity contribution in [1.82, 2.24) is 4.90 Å². The average molecular weight is 240 g/mol. The molecule has 0 aliphatic heterocycles. The first kappa shape index (κ1) is 15.0. The third-order valence-electron chi connectivity index (χ3n) is 4.15. The molecule has 0 aromatic rings. The van der Waals surface area contributed by atoms with E-state index in [0.29, 0.717) is 6.04 Å². The van der Waals surface area contributed by atoms with Crippen LogP contribution in [0.15, 0.2) is 0 Å². The van der Waals surface area contributed by atoms with Crippen molar-refractivity contribution in [3.63, 3.8) is 0 Å². The smallest absolute Gasteiger partial charge is 0.00952 e. The zero-order valence-corrected chi connectivity index (χ0v) is 12.1. The molecule has 1 atom stereocenters. The highest BCUT2D eigenvalue weighted by Gasteiger charge is 2.22. The van der Waals surface area contributed by atoms with E-state index in [1.807, 2.05) is 0 Å². The topological polar surface area (TPSA) is 29.3 Å². The molecular weight excluding hydrogens is 208 g/mol. The van der Waals surface area contributed by atoms with Crippen molar-refractivity contribution >= 4 is 0 Å². The molecule has 0 aromatic carbocycles. The molecular formula is C15H32N2. The van der Waals surface area contributed by atoms with Crippen molar-refractivity contribution in [3.8, 4) is 0 Å². The Morgan fingerprint density at radius 1 is 1.12 bits per heavy atom. The van der Waals surface area contributed by atoms with Gasteiger partial charge in [0.15, 0.2) is 0 Å². The molecule has 0 amide bonds. The quantitative estimate of drug-likeness (QED) is 0.704. The first-order chi connectivity index (χ1) is 8.13. The highest BCUT2D eigenvalue weighted by Crippen LogP contribution is 2.24. The number of nitrogens with zero attached hydrogens (tertiary/aromatic N) is 1. The summed E-state index contributed by atoms with van der Waals surface area (Å²) in [4.78, 5) is 2.72. The van der Waals surface area contributed by atoms with E-state index >= 15 is 0 Å². The molecule has 0 spiro atoms. The second-order valence-corrected chi connectivity index (χ2v) is 6.11. The van der Waals surface area contributed by atoms with Gasteiger partial charge >= 0.3 is 0 Å². The van der Waals surface area contributed by atoms with Gasteiger partial charge < -0.3 is 10.6 Å². The summed E-state index contributed by atoms with van der Waals surface area (Å²) in [7, 11) is 0. The summed E-state index contributed by atoms with van der Waals surface area (Å²) in [5, 5.41) is 0. The predicted molar refractivity (Wildman–Crippen MR) is 76.2 cm³/mol. The molecule has 1 aliphatic carbocycles. The zero-order chi connectivity index (χ0) is 12.7. The maximum absolute atomic E-state index is 6.05. The van der Waals surface area contributed by atoms with Crippen molar-refractivity contribution in [3.05, 3.63) is 0 Å². The van der Waals surface area contributed by atoms with Crippen LogP contribution in [0.2, 0.25) is 0 Å². The van der Waals surface area contributed by atoms with E-state index in [0.717, 1.165) is 18.4 Å². The minimum absolute atomic E-state index is 0.401. The van der Waals surface area contributed by atoms with Gasteiger partial charge in [-0.25, -0.2) is 0 Å². The summed E-state index contributed by atoms with van der Waals surface area (Å²) in [6.07, 6.45) is 9.32. The summed E-state index contributed by atoms with van der Waals surface area (Å²) >= 11 is 0. The fraction of sp³-hybridized carbons (Fsp3) is 1.00. The molecule has 2 nitrogen and oxygen atoms in total. The van der Waals surface area contributed by atoms with Crippen LogP contribution in [-0.2, 0) is 0 Å². The fourth-order valence-corrected chi connectivity index (χ4v) is 2.71. The molecule has 0 saturated heterocycles. The van der Waals surface area contributed by atoms with Gasteiger partial charge in [0.1, 0.15) is 0 Å². The van der Waals surface area contributed by atoms with Crippen LogP contribution in [0.3, 0.4) is 0 Å². The van der Waals surface area contributed by atoms with Gasteiger partial charge in [-0.3, -0.25) is 0 Å². The Kier molecular flexibility index (Phi) is 7.14. The lowest BCUT2D eigenvalue weighted by molar-refractivity contribution is 0.181. The molecule has 0 radical (unpaired) electrons.